The van der Waals surface area contributed by atoms with Crippen molar-refractivity contribution in [3.63, 3.8) is 0 Å². The van der Waals surface area contributed by atoms with Crippen molar-refractivity contribution >= 4 is 17.1 Å². The Hall–Kier alpha value is 0.224. The first-order valence-corrected chi connectivity index (χ1v) is 8.37. The molecule has 0 N–H and O–H groups in total. The van der Waals surface area contributed by atoms with Gasteiger partial charge in [0, 0.05) is 16.8 Å². The van der Waals surface area contributed by atoms with E-state index in [1.807, 2.05) is 0 Å². The van der Waals surface area contributed by atoms with Gasteiger partial charge in [-0.1, -0.05) is 25.7 Å². The largest absolute Gasteiger partial charge is 0.615 e. The molecule has 0 fully saturated rings. The molecular weight excluding hydrogens is 173 g/mol. The topological polar surface area (TPSA) is 0 Å². The predicted molar refractivity (Wildman–Crippen MR) is 42.0 cm³/mol. The maximum Gasteiger partial charge on any atom is 0.615 e. The van der Waals surface area contributed by atoms with E-state index in [2.05, 4.69) is 0 Å². The highest BCUT2D eigenvalue weighted by atomic mass is 28.5. The Kier molecular flexibility index (Phi) is 2.13. The van der Waals surface area contributed by atoms with Gasteiger partial charge < -0.3 is 0 Å². The van der Waals surface area contributed by atoms with E-state index in [0.717, 1.165) is 0 Å². The van der Waals surface area contributed by atoms with Gasteiger partial charge in [-0.3, -0.25) is 0 Å². The van der Waals surface area contributed by atoms with E-state index in [9.17, 15) is 12.3 Å². The van der Waals surface area contributed by atoms with Crippen molar-refractivity contribution in [3.05, 3.63) is 0 Å². The van der Waals surface area contributed by atoms with Crippen molar-refractivity contribution < 1.29 is 15.1 Å². The molecule has 0 aliphatic heterocycles. The molecule has 0 rings (SSSR count). The minimum absolute atomic E-state index is 0.310. The third-order valence-electron chi connectivity index (χ3n) is 0.819. The van der Waals surface area contributed by atoms with Gasteiger partial charge in [0.25, 0.3) is 0 Å². The van der Waals surface area contributed by atoms with Gasteiger partial charge in [0.05, 0.1) is 0 Å². The Morgan fingerprint density at radius 2 is 1.60 bits per heavy atom. The lowest BCUT2D eigenvalue weighted by Crippen LogP contribution is -2.24. The lowest BCUT2D eigenvalue weighted by Gasteiger charge is -2.14. The summed E-state index contributed by atoms with van der Waals surface area (Å²) in [5, 5.41) is 0. The van der Waals surface area contributed by atoms with Crippen molar-refractivity contribution in [2.24, 2.45) is 0 Å². The lowest BCUT2D eigenvalue weighted by atomic mass is 10.9. The summed E-state index contributed by atoms with van der Waals surface area (Å²) in [7, 11) is -8.09. The van der Waals surface area contributed by atoms with Gasteiger partial charge >= 0.3 is 9.08 Å². The molecule has 0 aromatic rings. The summed E-state index contributed by atoms with van der Waals surface area (Å²) in [6.45, 7) is 5.22. The van der Waals surface area contributed by atoms with Crippen LogP contribution in [0.5, 0.6) is 0 Å². The van der Waals surface area contributed by atoms with E-state index < -0.39 is 23.1 Å². The van der Waals surface area contributed by atoms with Gasteiger partial charge in [0.1, 0.15) is 0 Å². The zero-order chi connectivity index (χ0) is 10.2. The second kappa shape index (κ2) is 3.08. The molecule has 0 aliphatic carbocycles. The van der Waals surface area contributed by atoms with Crippen LogP contribution in [0.1, 0.15) is 2.74 Å². The van der Waals surface area contributed by atoms with Crippen LogP contribution in [-0.4, -0.2) is 17.1 Å². The SMILES string of the molecule is [2H]C([2H])(C[Si](C)(C)C)[Si](F)(F)F. The maximum absolute atomic E-state index is 12.1. The Balaban J connectivity index is 4.44. The molecule has 62 valence electrons. The zero-order valence-electron chi connectivity index (χ0n) is 8.34. The summed E-state index contributed by atoms with van der Waals surface area (Å²) in [6.07, 6.45) is 0. The maximum atomic E-state index is 12.1. The summed E-state index contributed by atoms with van der Waals surface area (Å²) in [4.78, 5) is 0. The molecule has 0 spiro atoms. The van der Waals surface area contributed by atoms with Crippen molar-refractivity contribution in [2.45, 2.75) is 31.7 Å². The van der Waals surface area contributed by atoms with Crippen molar-refractivity contribution in [2.75, 3.05) is 0 Å². The molecule has 0 amide bonds. The van der Waals surface area contributed by atoms with Crippen LogP contribution in [-0.2, 0) is 0 Å². The molecule has 0 radical (unpaired) electrons. The van der Waals surface area contributed by atoms with Crippen LogP contribution >= 0.6 is 0 Å². The van der Waals surface area contributed by atoms with E-state index >= 15 is 0 Å². The minimum atomic E-state index is -6.13. The van der Waals surface area contributed by atoms with Crippen LogP contribution in [0.25, 0.3) is 0 Å². The van der Waals surface area contributed by atoms with Crippen LogP contribution in [0.15, 0.2) is 0 Å². The second-order valence-corrected chi connectivity index (χ2v) is 10.2. The highest BCUT2D eigenvalue weighted by molar-refractivity contribution is 6.77. The third-order valence-corrected chi connectivity index (χ3v) is 2.99. The summed E-state index contributed by atoms with van der Waals surface area (Å²) >= 11 is 0. The fourth-order valence-corrected chi connectivity index (χ4v) is 3.29. The second-order valence-electron chi connectivity index (χ2n) is 3.41. The average molecular weight is 188 g/mol. The van der Waals surface area contributed by atoms with E-state index in [0.29, 0.717) is 0 Å². The number of hydrogen-bond acceptors (Lipinski definition) is 0. The van der Waals surface area contributed by atoms with Gasteiger partial charge in [0.2, 0.25) is 0 Å². The molecule has 0 heterocycles. The Labute approximate surface area is 64.8 Å². The molecule has 0 saturated heterocycles. The summed E-state index contributed by atoms with van der Waals surface area (Å²) < 4.78 is 50.2. The quantitative estimate of drug-likeness (QED) is 0.471. The van der Waals surface area contributed by atoms with E-state index in [-0.39, 0.29) is 6.04 Å². The summed E-state index contributed by atoms with van der Waals surface area (Å²) in [5.74, 6) is -2.88. The van der Waals surface area contributed by atoms with Gasteiger partial charge in [-0.2, -0.15) is 0 Å². The molecule has 0 atom stereocenters. The normalized spacial score (nSPS) is 18.2. The molecule has 0 bridgehead atoms. The summed E-state index contributed by atoms with van der Waals surface area (Å²) in [6, 6.07) is -0.310. The molecule has 0 aliphatic rings. The molecule has 5 heteroatoms. The molecule has 0 saturated carbocycles. The zero-order valence-corrected chi connectivity index (χ0v) is 8.34. The Bertz CT molecular complexity index is 161. The standard InChI is InChI=1S/C5H13F3Si2/c1-9(2,3)4-5-10(6,7)8/h4-5H2,1-3H3/i5D2. The Morgan fingerprint density at radius 3 is 1.70 bits per heavy atom. The number of hydrogen-bond donors (Lipinski definition) is 0. The predicted octanol–water partition coefficient (Wildman–Crippen LogP) is 3.17. The van der Waals surface area contributed by atoms with E-state index in [1.54, 1.807) is 19.6 Å². The molecule has 0 unspecified atom stereocenters. The summed E-state index contributed by atoms with van der Waals surface area (Å²) in [5.41, 5.74) is 0. The smallest absolute Gasteiger partial charge is 0.238 e. The number of halogens is 3. The molecule has 10 heavy (non-hydrogen) atoms. The fourth-order valence-electron chi connectivity index (χ4n) is 0.365. The molecular formula is C5H13F3Si2. The van der Waals surface area contributed by atoms with E-state index in [1.165, 1.54) is 0 Å². The van der Waals surface area contributed by atoms with Gasteiger partial charge in [-0.05, 0) is 0 Å². The highest BCUT2D eigenvalue weighted by Crippen LogP contribution is 2.22. The Morgan fingerprint density at radius 1 is 1.20 bits per heavy atom. The van der Waals surface area contributed by atoms with Crippen LogP contribution in [0.3, 0.4) is 0 Å². The van der Waals surface area contributed by atoms with Crippen LogP contribution in [0.2, 0.25) is 31.7 Å². The van der Waals surface area contributed by atoms with Crippen molar-refractivity contribution in [1.29, 1.82) is 0 Å². The van der Waals surface area contributed by atoms with Crippen LogP contribution in [0.4, 0.5) is 12.3 Å². The minimum Gasteiger partial charge on any atom is -0.238 e. The van der Waals surface area contributed by atoms with Crippen molar-refractivity contribution in [3.8, 4) is 0 Å². The lowest BCUT2D eigenvalue weighted by molar-refractivity contribution is 0.472. The molecule has 0 aromatic carbocycles. The average Bonchev–Trinajstić information content (AvgIpc) is 1.52. The fraction of sp³-hybridized carbons (Fsp3) is 1.00. The van der Waals surface area contributed by atoms with Gasteiger partial charge in [-0.15, -0.1) is 0 Å². The molecule has 0 nitrogen and oxygen atoms in total. The van der Waals surface area contributed by atoms with Crippen LogP contribution in [0, 0.1) is 0 Å². The monoisotopic (exact) mass is 188 g/mol. The van der Waals surface area contributed by atoms with Crippen LogP contribution < -0.4 is 0 Å². The first kappa shape index (κ1) is 6.90. The number of rotatable bonds is 3. The van der Waals surface area contributed by atoms with Gasteiger partial charge in [-0.25, -0.2) is 12.3 Å². The molecule has 0 aromatic heterocycles. The third kappa shape index (κ3) is 8.22. The van der Waals surface area contributed by atoms with Gasteiger partial charge in [0.15, 0.2) is 0 Å². The first-order chi connectivity index (χ1) is 4.96. The first-order valence-electron chi connectivity index (χ1n) is 4.02. The highest BCUT2D eigenvalue weighted by Gasteiger charge is 2.37. The van der Waals surface area contributed by atoms with Crippen molar-refractivity contribution in [1.82, 2.24) is 0 Å². The van der Waals surface area contributed by atoms with E-state index in [4.69, 9.17) is 2.74 Å².